The Labute approximate surface area is 177 Å². The van der Waals surface area contributed by atoms with E-state index in [4.69, 9.17) is 0 Å². The van der Waals surface area contributed by atoms with Crippen LogP contribution in [0.4, 0.5) is 14.5 Å². The van der Waals surface area contributed by atoms with Crippen molar-refractivity contribution in [2.24, 2.45) is 5.92 Å². The smallest absolute Gasteiger partial charge is 0.348 e. The quantitative estimate of drug-likeness (QED) is 0.503. The molecule has 0 aliphatic carbocycles. The van der Waals surface area contributed by atoms with Gasteiger partial charge in [0.2, 0.25) is 5.91 Å². The summed E-state index contributed by atoms with van der Waals surface area (Å²) >= 11 is 1.06. The number of hydrogen-bond acceptors (Lipinski definition) is 3. The molecule has 0 radical (unpaired) electrons. The van der Waals surface area contributed by atoms with Gasteiger partial charge in [-0.1, -0.05) is 50.2 Å². The monoisotopic (exact) mass is 429 g/mol. The third-order valence-electron chi connectivity index (χ3n) is 4.48. The van der Waals surface area contributed by atoms with Crippen molar-refractivity contribution < 1.29 is 23.5 Å². The number of carbonyl (C=O) groups is 2. The van der Waals surface area contributed by atoms with Crippen LogP contribution < -0.4 is 4.90 Å². The molecule has 3 rings (SSSR count). The van der Waals surface area contributed by atoms with Gasteiger partial charge < -0.3 is 10.0 Å². The zero-order valence-corrected chi connectivity index (χ0v) is 17.4. The van der Waals surface area contributed by atoms with Crippen molar-refractivity contribution >= 4 is 28.9 Å². The minimum absolute atomic E-state index is 0.00604. The van der Waals surface area contributed by atoms with E-state index in [2.05, 4.69) is 0 Å². The molecule has 156 valence electrons. The van der Waals surface area contributed by atoms with Crippen LogP contribution in [0.1, 0.15) is 35.5 Å². The highest BCUT2D eigenvalue weighted by molar-refractivity contribution is 7.18. The number of aromatic carboxylic acids is 1. The largest absolute Gasteiger partial charge is 0.477 e. The van der Waals surface area contributed by atoms with Gasteiger partial charge in [-0.3, -0.25) is 4.79 Å². The number of thiophene rings is 1. The molecule has 1 N–H and O–H groups in total. The summed E-state index contributed by atoms with van der Waals surface area (Å²) in [5.41, 5.74) is 1.14. The molecule has 3 aromatic rings. The lowest BCUT2D eigenvalue weighted by atomic mass is 10.1. The number of carboxylic acids is 1. The van der Waals surface area contributed by atoms with Crippen molar-refractivity contribution in [3.63, 3.8) is 0 Å². The SMILES string of the molecule is CC(C)CC(=O)N(Cc1ccc(F)cc1F)c1cc(-c2ccccc2)sc1C(=O)O. The molecule has 4 nitrogen and oxygen atoms in total. The van der Waals surface area contributed by atoms with Crippen LogP contribution >= 0.6 is 11.3 Å². The summed E-state index contributed by atoms with van der Waals surface area (Å²) < 4.78 is 27.6. The Morgan fingerprint density at radius 1 is 1.07 bits per heavy atom. The fraction of sp³-hybridized carbons (Fsp3) is 0.217. The Kier molecular flexibility index (Phi) is 6.62. The Morgan fingerprint density at radius 2 is 1.77 bits per heavy atom. The highest BCUT2D eigenvalue weighted by Gasteiger charge is 2.26. The lowest BCUT2D eigenvalue weighted by Crippen LogP contribution is -2.32. The zero-order valence-electron chi connectivity index (χ0n) is 16.6. The number of hydrogen-bond donors (Lipinski definition) is 1. The van der Waals surface area contributed by atoms with Crippen LogP contribution in [-0.2, 0) is 11.3 Å². The number of carbonyl (C=O) groups excluding carboxylic acids is 1. The fourth-order valence-corrected chi connectivity index (χ4v) is 4.07. The third-order valence-corrected chi connectivity index (χ3v) is 5.64. The fourth-order valence-electron chi connectivity index (χ4n) is 3.07. The van der Waals surface area contributed by atoms with Crippen molar-refractivity contribution in [1.29, 1.82) is 0 Å². The Balaban J connectivity index is 2.09. The average Bonchev–Trinajstić information content (AvgIpc) is 3.13. The minimum Gasteiger partial charge on any atom is -0.477 e. The van der Waals surface area contributed by atoms with E-state index in [1.165, 1.54) is 11.0 Å². The summed E-state index contributed by atoms with van der Waals surface area (Å²) in [5, 5.41) is 9.74. The van der Waals surface area contributed by atoms with Crippen molar-refractivity contribution in [3.05, 3.63) is 76.7 Å². The summed E-state index contributed by atoms with van der Waals surface area (Å²) in [6.07, 6.45) is 0.165. The van der Waals surface area contributed by atoms with Crippen molar-refractivity contribution in [3.8, 4) is 10.4 Å². The van der Waals surface area contributed by atoms with Crippen LogP contribution in [0.2, 0.25) is 0 Å². The maximum absolute atomic E-state index is 14.3. The number of benzene rings is 2. The van der Waals surface area contributed by atoms with Crippen LogP contribution in [0.25, 0.3) is 10.4 Å². The number of rotatable bonds is 7. The van der Waals surface area contributed by atoms with Crippen LogP contribution in [0, 0.1) is 17.6 Å². The number of carboxylic acid groups (broad SMARTS) is 1. The topological polar surface area (TPSA) is 57.6 Å². The average molecular weight is 429 g/mol. The second-order valence-corrected chi connectivity index (χ2v) is 8.36. The molecule has 1 aromatic heterocycles. The summed E-state index contributed by atoms with van der Waals surface area (Å²) in [6.45, 7) is 3.55. The predicted octanol–water partition coefficient (Wildman–Crippen LogP) is 5.97. The van der Waals surface area contributed by atoms with Gasteiger partial charge in [-0.05, 0) is 23.6 Å². The number of nitrogens with zero attached hydrogens (tertiary/aromatic N) is 1. The van der Waals surface area contributed by atoms with Crippen LogP contribution in [0.15, 0.2) is 54.6 Å². The molecular weight excluding hydrogens is 408 g/mol. The molecule has 2 aromatic carbocycles. The lowest BCUT2D eigenvalue weighted by Gasteiger charge is -2.24. The first kappa shape index (κ1) is 21.6. The van der Waals surface area contributed by atoms with Gasteiger partial charge in [0.25, 0.3) is 0 Å². The van der Waals surface area contributed by atoms with E-state index in [1.54, 1.807) is 6.07 Å². The molecule has 1 heterocycles. The Hall–Kier alpha value is -3.06. The van der Waals surface area contributed by atoms with Gasteiger partial charge in [-0.2, -0.15) is 0 Å². The molecule has 0 aliphatic heterocycles. The highest BCUT2D eigenvalue weighted by atomic mass is 32.1. The predicted molar refractivity (Wildman–Crippen MR) is 114 cm³/mol. The van der Waals surface area contributed by atoms with Gasteiger partial charge in [-0.15, -0.1) is 11.3 Å². The molecular formula is C23H21F2NO3S. The Morgan fingerprint density at radius 3 is 2.37 bits per heavy atom. The van der Waals surface area contributed by atoms with Gasteiger partial charge in [0.05, 0.1) is 12.2 Å². The van der Waals surface area contributed by atoms with E-state index in [1.807, 2.05) is 44.2 Å². The second-order valence-electron chi connectivity index (χ2n) is 7.31. The minimum atomic E-state index is -1.17. The first-order valence-electron chi connectivity index (χ1n) is 9.43. The Bertz CT molecular complexity index is 1060. The highest BCUT2D eigenvalue weighted by Crippen LogP contribution is 2.38. The summed E-state index contributed by atoms with van der Waals surface area (Å²) in [5.74, 6) is -2.97. The molecule has 0 bridgehead atoms. The molecule has 30 heavy (non-hydrogen) atoms. The maximum atomic E-state index is 14.3. The van der Waals surface area contributed by atoms with Gasteiger partial charge in [0, 0.05) is 22.9 Å². The number of anilines is 1. The van der Waals surface area contributed by atoms with Crippen LogP contribution in [-0.4, -0.2) is 17.0 Å². The molecule has 7 heteroatoms. The molecule has 0 fully saturated rings. The van der Waals surface area contributed by atoms with E-state index >= 15 is 0 Å². The molecule has 0 saturated carbocycles. The summed E-state index contributed by atoms with van der Waals surface area (Å²) in [6, 6.07) is 14.0. The van der Waals surface area contributed by atoms with Crippen LogP contribution in [0.5, 0.6) is 0 Å². The molecule has 0 aliphatic rings. The van der Waals surface area contributed by atoms with E-state index < -0.39 is 17.6 Å². The molecule has 0 unspecified atom stereocenters. The normalized spacial score (nSPS) is 11.0. The van der Waals surface area contributed by atoms with Crippen LogP contribution in [0.3, 0.4) is 0 Å². The first-order valence-corrected chi connectivity index (χ1v) is 10.2. The van der Waals surface area contributed by atoms with Crippen molar-refractivity contribution in [2.45, 2.75) is 26.8 Å². The molecule has 1 amide bonds. The lowest BCUT2D eigenvalue weighted by molar-refractivity contribution is -0.119. The van der Waals surface area contributed by atoms with E-state index in [0.717, 1.165) is 29.0 Å². The maximum Gasteiger partial charge on any atom is 0.348 e. The molecule has 0 atom stereocenters. The van der Waals surface area contributed by atoms with Crippen molar-refractivity contribution in [2.75, 3.05) is 4.90 Å². The van der Waals surface area contributed by atoms with Gasteiger partial charge in [0.15, 0.2) is 0 Å². The van der Waals surface area contributed by atoms with Gasteiger partial charge in [-0.25, -0.2) is 13.6 Å². The number of amides is 1. The van der Waals surface area contributed by atoms with E-state index in [-0.39, 0.29) is 40.9 Å². The van der Waals surface area contributed by atoms with Gasteiger partial charge >= 0.3 is 5.97 Å². The van der Waals surface area contributed by atoms with E-state index in [0.29, 0.717) is 4.88 Å². The second kappa shape index (κ2) is 9.17. The number of halogens is 2. The molecule has 0 spiro atoms. The first-order chi connectivity index (χ1) is 14.3. The molecule has 0 saturated heterocycles. The summed E-state index contributed by atoms with van der Waals surface area (Å²) in [7, 11) is 0. The summed E-state index contributed by atoms with van der Waals surface area (Å²) in [4.78, 5) is 26.9. The van der Waals surface area contributed by atoms with Crippen molar-refractivity contribution in [1.82, 2.24) is 0 Å². The van der Waals surface area contributed by atoms with E-state index in [9.17, 15) is 23.5 Å². The third kappa shape index (κ3) is 4.91. The van der Waals surface area contributed by atoms with Gasteiger partial charge in [0.1, 0.15) is 16.5 Å². The zero-order chi connectivity index (χ0) is 21.8. The standard InChI is InChI=1S/C23H21F2NO3S/c1-14(2)10-21(27)26(13-16-8-9-17(24)11-18(16)25)19-12-20(30-22(19)23(28)29)15-6-4-3-5-7-15/h3-9,11-12,14H,10,13H2,1-2H3,(H,28,29).